The van der Waals surface area contributed by atoms with Gasteiger partial charge in [0, 0.05) is 30.1 Å². The molecular weight excluding hydrogens is 410 g/mol. The summed E-state index contributed by atoms with van der Waals surface area (Å²) in [4.78, 5) is 32.7. The zero-order chi connectivity index (χ0) is 22.5. The summed E-state index contributed by atoms with van der Waals surface area (Å²) in [5.74, 6) is 0.394. The number of nitrogens with zero attached hydrogens (tertiary/aromatic N) is 3. The molecule has 1 aliphatic heterocycles. The van der Waals surface area contributed by atoms with Crippen molar-refractivity contribution in [1.29, 1.82) is 0 Å². The third-order valence-electron chi connectivity index (χ3n) is 6.84. The molecule has 0 aromatic heterocycles. The molecule has 1 aliphatic carbocycles. The predicted octanol–water partition coefficient (Wildman–Crippen LogP) is 4.23. The van der Waals surface area contributed by atoms with E-state index in [1.54, 1.807) is 0 Å². The average molecular weight is 448 g/mol. The first kappa shape index (κ1) is 24.1. The Morgan fingerprint density at radius 2 is 1.68 bits per heavy atom. The summed E-state index contributed by atoms with van der Waals surface area (Å²) in [6.07, 6.45) is 7.39. The molecule has 1 saturated heterocycles. The highest BCUT2D eigenvalue weighted by molar-refractivity contribution is 6.30. The van der Waals surface area contributed by atoms with Gasteiger partial charge in [-0.1, -0.05) is 56.8 Å². The van der Waals surface area contributed by atoms with Gasteiger partial charge in [-0.05, 0) is 57.5 Å². The number of carbonyl (C=O) groups excluding carboxylic acids is 2. The Morgan fingerprint density at radius 1 is 1.03 bits per heavy atom. The van der Waals surface area contributed by atoms with Gasteiger partial charge in [-0.2, -0.15) is 0 Å². The number of amides is 2. The van der Waals surface area contributed by atoms with Crippen molar-refractivity contribution < 1.29 is 9.59 Å². The fraction of sp³-hybridized carbons (Fsp3) is 0.680. The topological polar surface area (TPSA) is 43.9 Å². The number of benzene rings is 1. The van der Waals surface area contributed by atoms with E-state index in [9.17, 15) is 9.59 Å². The third kappa shape index (κ3) is 6.01. The van der Waals surface area contributed by atoms with Crippen LogP contribution >= 0.6 is 11.6 Å². The largest absolute Gasteiger partial charge is 0.339 e. The number of halogens is 1. The quantitative estimate of drug-likeness (QED) is 0.628. The molecule has 0 N–H and O–H groups in total. The van der Waals surface area contributed by atoms with Gasteiger partial charge in [0.05, 0.1) is 12.1 Å². The van der Waals surface area contributed by atoms with Crippen LogP contribution in [0.15, 0.2) is 24.3 Å². The van der Waals surface area contributed by atoms with Gasteiger partial charge in [-0.25, -0.2) is 0 Å². The molecule has 3 rings (SSSR count). The van der Waals surface area contributed by atoms with Gasteiger partial charge in [0.2, 0.25) is 11.8 Å². The maximum atomic E-state index is 13.5. The van der Waals surface area contributed by atoms with Crippen LogP contribution in [0.4, 0.5) is 0 Å². The van der Waals surface area contributed by atoms with E-state index in [1.807, 2.05) is 62.0 Å². The van der Waals surface area contributed by atoms with Crippen molar-refractivity contribution in [3.63, 3.8) is 0 Å². The van der Waals surface area contributed by atoms with E-state index in [2.05, 4.69) is 4.90 Å². The number of hydrogen-bond acceptors (Lipinski definition) is 3. The fourth-order valence-corrected chi connectivity index (χ4v) is 5.16. The molecule has 1 aromatic rings. The van der Waals surface area contributed by atoms with Crippen LogP contribution in [0.3, 0.4) is 0 Å². The van der Waals surface area contributed by atoms with Crippen LogP contribution < -0.4 is 0 Å². The average Bonchev–Trinajstić information content (AvgIpc) is 3.23. The first-order valence-corrected chi connectivity index (χ1v) is 12.2. The Hall–Kier alpha value is -1.59. The third-order valence-corrected chi connectivity index (χ3v) is 7.09. The number of rotatable bonds is 7. The van der Waals surface area contributed by atoms with Crippen LogP contribution in [-0.4, -0.2) is 71.8 Å². The van der Waals surface area contributed by atoms with Gasteiger partial charge in [-0.3, -0.25) is 14.5 Å². The maximum absolute atomic E-state index is 13.5. The van der Waals surface area contributed by atoms with Crippen LogP contribution in [0.1, 0.15) is 57.9 Å². The first-order valence-electron chi connectivity index (χ1n) is 11.8. The number of carbonyl (C=O) groups is 2. The second-order valence-electron chi connectivity index (χ2n) is 9.73. The molecule has 2 amide bonds. The molecule has 0 radical (unpaired) electrons. The summed E-state index contributed by atoms with van der Waals surface area (Å²) in [5.41, 5.74) is 1.10. The fourth-order valence-electron chi connectivity index (χ4n) is 5.03. The van der Waals surface area contributed by atoms with E-state index in [1.165, 1.54) is 19.3 Å². The zero-order valence-electron chi connectivity index (χ0n) is 19.5. The molecule has 0 unspecified atom stereocenters. The van der Waals surface area contributed by atoms with E-state index in [0.29, 0.717) is 24.0 Å². The normalized spacial score (nSPS) is 21.0. The summed E-state index contributed by atoms with van der Waals surface area (Å²) < 4.78 is 0. The standard InChI is InChI=1S/C25H38ClN3O2/c1-18(2)24(30)29(21-8-6-5-7-9-21)22-14-15-28(17-22)25(31)23(27(3)4)16-19-10-12-20(26)13-11-19/h10-13,18,21-23H,5-9,14-17H2,1-4H3/t22-,23+/m0/s1. The highest BCUT2D eigenvalue weighted by Gasteiger charge is 2.39. The first-order chi connectivity index (χ1) is 14.8. The Labute approximate surface area is 192 Å². The molecule has 6 heteroatoms. The minimum absolute atomic E-state index is 0.00823. The highest BCUT2D eigenvalue weighted by Crippen LogP contribution is 2.29. The van der Waals surface area contributed by atoms with Crippen molar-refractivity contribution in [2.75, 3.05) is 27.2 Å². The minimum Gasteiger partial charge on any atom is -0.339 e. The summed E-state index contributed by atoms with van der Waals surface area (Å²) in [7, 11) is 3.92. The molecule has 1 aromatic carbocycles. The van der Waals surface area contributed by atoms with E-state index >= 15 is 0 Å². The zero-order valence-corrected chi connectivity index (χ0v) is 20.3. The van der Waals surface area contributed by atoms with E-state index < -0.39 is 0 Å². The number of hydrogen-bond donors (Lipinski definition) is 0. The second-order valence-corrected chi connectivity index (χ2v) is 10.2. The van der Waals surface area contributed by atoms with Crippen LogP contribution in [-0.2, 0) is 16.0 Å². The predicted molar refractivity (Wildman–Crippen MR) is 126 cm³/mol. The summed E-state index contributed by atoms with van der Waals surface area (Å²) >= 11 is 6.02. The van der Waals surface area contributed by atoms with Crippen LogP contribution in [0, 0.1) is 5.92 Å². The number of likely N-dealkylation sites (tertiary alicyclic amines) is 1. The lowest BCUT2D eigenvalue weighted by molar-refractivity contribution is -0.141. The molecule has 2 aliphatic rings. The van der Waals surface area contributed by atoms with Crippen molar-refractivity contribution in [1.82, 2.24) is 14.7 Å². The Balaban J connectivity index is 1.70. The summed E-state index contributed by atoms with van der Waals surface area (Å²) in [5, 5.41) is 0.705. The van der Waals surface area contributed by atoms with Crippen molar-refractivity contribution in [2.45, 2.75) is 76.9 Å². The number of likely N-dealkylation sites (N-methyl/N-ethyl adjacent to an activating group) is 1. The smallest absolute Gasteiger partial charge is 0.240 e. The van der Waals surface area contributed by atoms with Gasteiger partial charge in [0.25, 0.3) is 0 Å². The van der Waals surface area contributed by atoms with Gasteiger partial charge >= 0.3 is 0 Å². The molecule has 2 atom stereocenters. The SMILES string of the molecule is CC(C)C(=O)N(C1CCCCC1)[C@H]1CCN(C(=O)[C@@H](Cc2ccc(Cl)cc2)N(C)C)C1. The van der Waals surface area contributed by atoms with Gasteiger partial charge < -0.3 is 9.80 Å². The molecule has 0 bridgehead atoms. The van der Waals surface area contributed by atoms with Crippen LogP contribution in [0.2, 0.25) is 5.02 Å². The molecular formula is C25H38ClN3O2. The van der Waals surface area contributed by atoms with Gasteiger partial charge in [-0.15, -0.1) is 0 Å². The molecule has 5 nitrogen and oxygen atoms in total. The van der Waals surface area contributed by atoms with Gasteiger partial charge in [0.1, 0.15) is 0 Å². The second kappa shape index (κ2) is 10.8. The van der Waals surface area contributed by atoms with E-state index in [4.69, 9.17) is 11.6 Å². The van der Waals surface area contributed by atoms with Crippen molar-refractivity contribution >= 4 is 23.4 Å². The Morgan fingerprint density at radius 3 is 2.26 bits per heavy atom. The van der Waals surface area contributed by atoms with Crippen molar-refractivity contribution in [2.24, 2.45) is 5.92 Å². The van der Waals surface area contributed by atoms with Crippen molar-refractivity contribution in [3.8, 4) is 0 Å². The van der Waals surface area contributed by atoms with Crippen LogP contribution in [0.25, 0.3) is 0 Å². The van der Waals surface area contributed by atoms with E-state index in [-0.39, 0.29) is 29.8 Å². The summed E-state index contributed by atoms with van der Waals surface area (Å²) in [6, 6.07) is 7.99. The Kier molecular flexibility index (Phi) is 8.40. The van der Waals surface area contributed by atoms with E-state index in [0.717, 1.165) is 31.4 Å². The van der Waals surface area contributed by atoms with Gasteiger partial charge in [0.15, 0.2) is 0 Å². The minimum atomic E-state index is -0.219. The molecule has 31 heavy (non-hydrogen) atoms. The van der Waals surface area contributed by atoms with Crippen LogP contribution in [0.5, 0.6) is 0 Å². The van der Waals surface area contributed by atoms with Crippen molar-refractivity contribution in [3.05, 3.63) is 34.9 Å². The molecule has 0 spiro atoms. The molecule has 1 heterocycles. The monoisotopic (exact) mass is 447 g/mol. The molecule has 2 fully saturated rings. The maximum Gasteiger partial charge on any atom is 0.240 e. The highest BCUT2D eigenvalue weighted by atomic mass is 35.5. The lowest BCUT2D eigenvalue weighted by Gasteiger charge is -2.40. The molecule has 1 saturated carbocycles. The lowest BCUT2D eigenvalue weighted by atomic mass is 9.92. The Bertz CT molecular complexity index is 744. The summed E-state index contributed by atoms with van der Waals surface area (Å²) in [6.45, 7) is 5.36. The molecule has 172 valence electrons. The lowest BCUT2D eigenvalue weighted by Crippen LogP contribution is -2.52.